The molecule has 0 saturated heterocycles. The molecule has 0 aliphatic carbocycles. The van der Waals surface area contributed by atoms with E-state index >= 15 is 0 Å². The Hall–Kier alpha value is -2.37. The van der Waals surface area contributed by atoms with Crippen LogP contribution in [0.3, 0.4) is 0 Å². The van der Waals surface area contributed by atoms with Gasteiger partial charge in [0.25, 0.3) is 0 Å². The lowest BCUT2D eigenvalue weighted by atomic mass is 10.1. The number of alkyl halides is 3. The van der Waals surface area contributed by atoms with Crippen molar-refractivity contribution in [2.24, 2.45) is 4.99 Å². The van der Waals surface area contributed by atoms with Crippen molar-refractivity contribution in [2.45, 2.75) is 25.7 Å². The van der Waals surface area contributed by atoms with E-state index in [2.05, 4.69) is 20.6 Å². The van der Waals surface area contributed by atoms with Crippen molar-refractivity contribution in [3.8, 4) is 0 Å². The third-order valence-corrected chi connectivity index (χ3v) is 4.44. The van der Waals surface area contributed by atoms with Gasteiger partial charge in [0.05, 0.1) is 22.9 Å². The SMILES string of the molecule is CN=C(NCCCn1cnc2ccccc21)NCc1ccc(F)cc1C(F)(F)F.I. The summed E-state index contributed by atoms with van der Waals surface area (Å²) in [6.07, 6.45) is -2.07. The fourth-order valence-electron chi connectivity index (χ4n) is 3.01. The van der Waals surface area contributed by atoms with Gasteiger partial charge < -0.3 is 15.2 Å². The first-order chi connectivity index (χ1) is 13.9. The molecule has 0 saturated carbocycles. The smallest absolute Gasteiger partial charge is 0.356 e. The number of hydrogen-bond donors (Lipinski definition) is 2. The standard InChI is InChI=1S/C20H21F4N5.HI/c1-25-19(27-12-14-7-8-15(21)11-16(14)20(22,23)24)26-9-4-10-29-13-28-17-5-2-3-6-18(17)29;/h2-3,5-8,11,13H,4,9-10,12H2,1H3,(H2,25,26,27);1H. The Morgan fingerprint density at radius 3 is 2.63 bits per heavy atom. The Morgan fingerprint density at radius 2 is 1.90 bits per heavy atom. The molecular formula is C20H22F4IN5. The molecule has 2 aromatic carbocycles. The summed E-state index contributed by atoms with van der Waals surface area (Å²) in [7, 11) is 1.54. The number of aliphatic imine (C=N–C) groups is 1. The molecule has 3 aromatic rings. The fraction of sp³-hybridized carbons (Fsp3) is 0.300. The quantitative estimate of drug-likeness (QED) is 0.160. The minimum absolute atomic E-state index is 0. The van der Waals surface area contributed by atoms with E-state index in [9.17, 15) is 17.6 Å². The van der Waals surface area contributed by atoms with E-state index in [1.54, 1.807) is 6.33 Å². The molecule has 0 aliphatic rings. The lowest BCUT2D eigenvalue weighted by Crippen LogP contribution is -2.38. The Morgan fingerprint density at radius 1 is 1.13 bits per heavy atom. The molecule has 1 aromatic heterocycles. The van der Waals surface area contributed by atoms with Crippen LogP contribution in [0.4, 0.5) is 17.6 Å². The highest BCUT2D eigenvalue weighted by atomic mass is 127. The van der Waals surface area contributed by atoms with Gasteiger partial charge in [-0.2, -0.15) is 13.2 Å². The minimum atomic E-state index is -4.62. The fourth-order valence-corrected chi connectivity index (χ4v) is 3.01. The van der Waals surface area contributed by atoms with Gasteiger partial charge in [-0.25, -0.2) is 9.37 Å². The largest absolute Gasteiger partial charge is 0.416 e. The van der Waals surface area contributed by atoms with Crippen molar-refractivity contribution in [1.82, 2.24) is 20.2 Å². The van der Waals surface area contributed by atoms with Gasteiger partial charge in [0.2, 0.25) is 0 Å². The molecule has 0 radical (unpaired) electrons. The first-order valence-electron chi connectivity index (χ1n) is 9.08. The summed E-state index contributed by atoms with van der Waals surface area (Å²) in [5.41, 5.74) is 0.933. The molecule has 0 bridgehead atoms. The van der Waals surface area contributed by atoms with E-state index in [1.807, 2.05) is 28.8 Å². The maximum atomic E-state index is 13.2. The number of aromatic nitrogens is 2. The molecule has 0 aliphatic heterocycles. The average molecular weight is 535 g/mol. The monoisotopic (exact) mass is 535 g/mol. The van der Waals surface area contributed by atoms with Gasteiger partial charge in [0, 0.05) is 26.7 Å². The van der Waals surface area contributed by atoms with E-state index in [4.69, 9.17) is 0 Å². The van der Waals surface area contributed by atoms with Crippen LogP contribution >= 0.6 is 24.0 Å². The van der Waals surface area contributed by atoms with Crippen LogP contribution in [0.15, 0.2) is 53.8 Å². The van der Waals surface area contributed by atoms with Gasteiger partial charge in [0.15, 0.2) is 5.96 Å². The van der Waals surface area contributed by atoms with E-state index in [0.29, 0.717) is 18.6 Å². The summed E-state index contributed by atoms with van der Waals surface area (Å²) in [5.74, 6) is -0.548. The number of halogens is 5. The zero-order chi connectivity index (χ0) is 20.9. The Labute approximate surface area is 188 Å². The van der Waals surface area contributed by atoms with Crippen LogP contribution in [0.25, 0.3) is 11.0 Å². The van der Waals surface area contributed by atoms with Crippen molar-refractivity contribution < 1.29 is 17.6 Å². The van der Waals surface area contributed by atoms with Gasteiger partial charge in [-0.05, 0) is 36.2 Å². The molecule has 10 heteroatoms. The minimum Gasteiger partial charge on any atom is -0.356 e. The predicted octanol–water partition coefficient (Wildman–Crippen LogP) is 4.57. The molecular weight excluding hydrogens is 513 g/mol. The zero-order valence-corrected chi connectivity index (χ0v) is 18.5. The third-order valence-electron chi connectivity index (χ3n) is 4.44. The molecule has 1 heterocycles. The number of fused-ring (bicyclic) bond motifs is 1. The van der Waals surface area contributed by atoms with Crippen LogP contribution in [0.2, 0.25) is 0 Å². The lowest BCUT2D eigenvalue weighted by molar-refractivity contribution is -0.138. The second-order valence-corrected chi connectivity index (χ2v) is 6.43. The Kier molecular flexibility index (Phi) is 8.44. The molecule has 162 valence electrons. The molecule has 30 heavy (non-hydrogen) atoms. The van der Waals surface area contributed by atoms with E-state index in [0.717, 1.165) is 36.1 Å². The maximum Gasteiger partial charge on any atom is 0.416 e. The van der Waals surface area contributed by atoms with Gasteiger partial charge >= 0.3 is 6.18 Å². The van der Waals surface area contributed by atoms with E-state index in [1.165, 1.54) is 7.05 Å². The number of imidazole rings is 1. The maximum absolute atomic E-state index is 13.2. The Balaban J connectivity index is 0.00000320. The van der Waals surface area contributed by atoms with E-state index in [-0.39, 0.29) is 36.1 Å². The summed E-state index contributed by atoms with van der Waals surface area (Å²) in [6, 6.07) is 10.5. The number of hydrogen-bond acceptors (Lipinski definition) is 2. The number of aryl methyl sites for hydroxylation is 1. The van der Waals surface area contributed by atoms with Crippen LogP contribution in [0, 0.1) is 5.82 Å². The second-order valence-electron chi connectivity index (χ2n) is 6.43. The molecule has 0 spiro atoms. The molecule has 0 atom stereocenters. The van der Waals surface area contributed by atoms with Crippen molar-refractivity contribution in [3.05, 3.63) is 65.7 Å². The first-order valence-corrected chi connectivity index (χ1v) is 9.08. The molecule has 3 rings (SSSR count). The summed E-state index contributed by atoms with van der Waals surface area (Å²) in [6.45, 7) is 1.18. The third kappa shape index (κ3) is 6.07. The summed E-state index contributed by atoms with van der Waals surface area (Å²) < 4.78 is 54.5. The van der Waals surface area contributed by atoms with Crippen LogP contribution in [-0.2, 0) is 19.3 Å². The Bertz CT molecular complexity index is 1000. The normalized spacial score (nSPS) is 12.0. The van der Waals surface area contributed by atoms with Crippen LogP contribution in [0.5, 0.6) is 0 Å². The number of guanidine groups is 1. The number of rotatable bonds is 6. The predicted molar refractivity (Wildman–Crippen MR) is 119 cm³/mol. The first kappa shape index (κ1) is 23.9. The number of nitrogens with zero attached hydrogens (tertiary/aromatic N) is 3. The van der Waals surface area contributed by atoms with Crippen molar-refractivity contribution in [3.63, 3.8) is 0 Å². The van der Waals surface area contributed by atoms with Crippen LogP contribution in [0.1, 0.15) is 17.5 Å². The van der Waals surface area contributed by atoms with Gasteiger partial charge in [-0.1, -0.05) is 18.2 Å². The average Bonchev–Trinajstić information content (AvgIpc) is 3.10. The van der Waals surface area contributed by atoms with Crippen LogP contribution in [-0.4, -0.2) is 29.1 Å². The topological polar surface area (TPSA) is 54.2 Å². The van der Waals surface area contributed by atoms with Crippen molar-refractivity contribution >= 4 is 41.0 Å². The molecule has 2 N–H and O–H groups in total. The lowest BCUT2D eigenvalue weighted by Gasteiger charge is -2.16. The highest BCUT2D eigenvalue weighted by Gasteiger charge is 2.33. The van der Waals surface area contributed by atoms with Crippen molar-refractivity contribution in [2.75, 3.05) is 13.6 Å². The number of benzene rings is 2. The van der Waals surface area contributed by atoms with Gasteiger partial charge in [-0.3, -0.25) is 4.99 Å². The summed E-state index contributed by atoms with van der Waals surface area (Å²) >= 11 is 0. The molecule has 0 fully saturated rings. The second kappa shape index (κ2) is 10.6. The zero-order valence-electron chi connectivity index (χ0n) is 16.2. The van der Waals surface area contributed by atoms with E-state index < -0.39 is 17.6 Å². The number of para-hydroxylation sites is 2. The summed E-state index contributed by atoms with van der Waals surface area (Å²) in [5, 5.41) is 5.91. The highest BCUT2D eigenvalue weighted by molar-refractivity contribution is 14.0. The van der Waals surface area contributed by atoms with Gasteiger partial charge in [0.1, 0.15) is 5.82 Å². The van der Waals surface area contributed by atoms with Crippen molar-refractivity contribution in [1.29, 1.82) is 0 Å². The molecule has 0 amide bonds. The molecule has 5 nitrogen and oxygen atoms in total. The molecule has 0 unspecified atom stereocenters. The summed E-state index contributed by atoms with van der Waals surface area (Å²) in [4.78, 5) is 8.35. The van der Waals surface area contributed by atoms with Gasteiger partial charge in [-0.15, -0.1) is 24.0 Å². The highest BCUT2D eigenvalue weighted by Crippen LogP contribution is 2.32. The van der Waals surface area contributed by atoms with Crippen LogP contribution < -0.4 is 10.6 Å². The number of nitrogens with one attached hydrogen (secondary N) is 2.